The van der Waals surface area contributed by atoms with E-state index in [1.807, 2.05) is 0 Å². The normalized spacial score (nSPS) is 11.5. The first-order valence-electron chi connectivity index (χ1n) is 3.79. The molecule has 0 amide bonds. The number of aliphatic hydroxyl groups is 1. The van der Waals surface area contributed by atoms with E-state index >= 15 is 0 Å². The average Bonchev–Trinajstić information content (AvgIpc) is 2.59. The maximum Gasteiger partial charge on any atom is 0.450 e. The highest BCUT2D eigenvalue weighted by molar-refractivity contribution is 5.90. The topological polar surface area (TPSA) is 59.7 Å². The van der Waals surface area contributed by atoms with Crippen molar-refractivity contribution in [1.29, 1.82) is 0 Å². The first-order chi connectivity index (χ1) is 6.90. The molecule has 1 rings (SSSR count). The lowest BCUT2D eigenvalue weighted by Crippen LogP contribution is -2.11. The molecule has 0 bridgehead atoms. The number of hydrogen-bond acceptors (Lipinski definition) is 4. The summed E-state index contributed by atoms with van der Waals surface area (Å²) in [5, 5.41) is 8.58. The fourth-order valence-electron chi connectivity index (χ4n) is 0.992. The number of rotatable bonds is 2. The second-order valence-corrected chi connectivity index (χ2v) is 2.60. The fraction of sp³-hybridized carbons (Fsp3) is 0.375. The molecule has 0 unspecified atom stereocenters. The van der Waals surface area contributed by atoms with Crippen LogP contribution in [0.5, 0.6) is 0 Å². The molecule has 0 aliphatic heterocycles. The number of aliphatic hydroxyl groups excluding tert-OH is 1. The molecular weight excluding hydrogens is 217 g/mol. The van der Waals surface area contributed by atoms with Gasteiger partial charge >= 0.3 is 12.1 Å². The SMILES string of the molecule is COC(=O)c1cc(CO)oc1C(F)(F)F. The lowest BCUT2D eigenvalue weighted by Gasteiger charge is -2.04. The predicted molar refractivity (Wildman–Crippen MR) is 41.0 cm³/mol. The van der Waals surface area contributed by atoms with Gasteiger partial charge in [-0.2, -0.15) is 13.2 Å². The maximum absolute atomic E-state index is 12.3. The van der Waals surface area contributed by atoms with Crippen LogP contribution in [0, 0.1) is 0 Å². The highest BCUT2D eigenvalue weighted by Gasteiger charge is 2.40. The molecule has 0 spiro atoms. The van der Waals surface area contributed by atoms with E-state index in [1.165, 1.54) is 0 Å². The van der Waals surface area contributed by atoms with E-state index in [0.717, 1.165) is 13.2 Å². The van der Waals surface area contributed by atoms with Gasteiger partial charge in [0.2, 0.25) is 5.76 Å². The minimum atomic E-state index is -4.79. The van der Waals surface area contributed by atoms with E-state index < -0.39 is 30.1 Å². The minimum Gasteiger partial charge on any atom is -0.465 e. The van der Waals surface area contributed by atoms with Crippen molar-refractivity contribution in [1.82, 2.24) is 0 Å². The molecule has 0 atom stereocenters. The number of carbonyl (C=O) groups is 1. The summed E-state index contributed by atoms with van der Waals surface area (Å²) in [5.74, 6) is -2.97. The first-order valence-corrected chi connectivity index (χ1v) is 3.79. The number of alkyl halides is 3. The van der Waals surface area contributed by atoms with Crippen molar-refractivity contribution in [2.24, 2.45) is 0 Å². The largest absolute Gasteiger partial charge is 0.465 e. The highest BCUT2D eigenvalue weighted by Crippen LogP contribution is 2.34. The Morgan fingerprint density at radius 1 is 1.60 bits per heavy atom. The summed E-state index contributed by atoms with van der Waals surface area (Å²) in [6.45, 7) is -0.722. The van der Waals surface area contributed by atoms with Gasteiger partial charge in [-0.05, 0) is 6.07 Å². The van der Waals surface area contributed by atoms with E-state index in [2.05, 4.69) is 9.15 Å². The van der Waals surface area contributed by atoms with Gasteiger partial charge < -0.3 is 14.3 Å². The van der Waals surface area contributed by atoms with Crippen LogP contribution in [0.4, 0.5) is 13.2 Å². The fourth-order valence-corrected chi connectivity index (χ4v) is 0.992. The molecule has 0 aliphatic carbocycles. The molecule has 1 N–H and O–H groups in total. The van der Waals surface area contributed by atoms with Crippen LogP contribution in [0.15, 0.2) is 10.5 Å². The van der Waals surface area contributed by atoms with Gasteiger partial charge in [0, 0.05) is 0 Å². The molecule has 0 saturated carbocycles. The van der Waals surface area contributed by atoms with E-state index in [9.17, 15) is 18.0 Å². The van der Waals surface area contributed by atoms with Crippen LogP contribution < -0.4 is 0 Å². The van der Waals surface area contributed by atoms with E-state index in [1.54, 1.807) is 0 Å². The van der Waals surface area contributed by atoms with Gasteiger partial charge in [-0.15, -0.1) is 0 Å². The Kier molecular flexibility index (Phi) is 3.04. The van der Waals surface area contributed by atoms with Crippen molar-refractivity contribution < 1.29 is 32.2 Å². The number of ether oxygens (including phenoxy) is 1. The Labute approximate surface area is 82.3 Å². The molecule has 1 heterocycles. The van der Waals surface area contributed by atoms with Gasteiger partial charge in [-0.1, -0.05) is 0 Å². The number of halogens is 3. The molecule has 0 aromatic carbocycles. The Morgan fingerprint density at radius 2 is 2.20 bits per heavy atom. The second kappa shape index (κ2) is 3.93. The summed E-state index contributed by atoms with van der Waals surface area (Å²) >= 11 is 0. The van der Waals surface area contributed by atoms with Crippen LogP contribution in [0.25, 0.3) is 0 Å². The molecule has 0 aliphatic rings. The van der Waals surface area contributed by atoms with E-state index in [-0.39, 0.29) is 5.76 Å². The van der Waals surface area contributed by atoms with Crippen LogP contribution in [0.2, 0.25) is 0 Å². The van der Waals surface area contributed by atoms with Crippen LogP contribution >= 0.6 is 0 Å². The van der Waals surface area contributed by atoms with Crippen molar-refractivity contribution in [2.45, 2.75) is 12.8 Å². The summed E-state index contributed by atoms with van der Waals surface area (Å²) in [7, 11) is 0.952. The van der Waals surface area contributed by atoms with Gasteiger partial charge in [0.1, 0.15) is 17.9 Å². The third kappa shape index (κ3) is 2.30. The molecule has 4 nitrogen and oxygen atoms in total. The standard InChI is InChI=1S/C8H7F3O4/c1-14-7(13)5-2-4(3-12)15-6(5)8(9,10)11/h2,12H,3H2,1H3. The molecule has 0 saturated heterocycles. The van der Waals surface area contributed by atoms with Crippen molar-refractivity contribution >= 4 is 5.97 Å². The molecule has 84 valence electrons. The summed E-state index contributed by atoms with van der Waals surface area (Å²) in [5.41, 5.74) is -0.742. The van der Waals surface area contributed by atoms with Crippen molar-refractivity contribution in [3.63, 3.8) is 0 Å². The molecule has 1 aromatic rings. The minimum absolute atomic E-state index is 0.345. The Bertz CT molecular complexity index is 366. The van der Waals surface area contributed by atoms with Crippen LogP contribution in [0.3, 0.4) is 0 Å². The predicted octanol–water partition coefficient (Wildman–Crippen LogP) is 1.58. The summed E-state index contributed by atoms with van der Waals surface area (Å²) in [4.78, 5) is 10.9. The Morgan fingerprint density at radius 3 is 2.60 bits per heavy atom. The highest BCUT2D eigenvalue weighted by atomic mass is 19.4. The van der Waals surface area contributed by atoms with Gasteiger partial charge in [0.15, 0.2) is 0 Å². The summed E-state index contributed by atoms with van der Waals surface area (Å²) in [6.07, 6.45) is -4.79. The second-order valence-electron chi connectivity index (χ2n) is 2.60. The molecule has 15 heavy (non-hydrogen) atoms. The number of methoxy groups -OCH3 is 1. The Hall–Kier alpha value is -1.50. The van der Waals surface area contributed by atoms with Crippen molar-refractivity contribution in [3.8, 4) is 0 Å². The van der Waals surface area contributed by atoms with Gasteiger partial charge in [-0.25, -0.2) is 4.79 Å². The number of esters is 1. The lowest BCUT2D eigenvalue weighted by atomic mass is 10.2. The molecule has 0 radical (unpaired) electrons. The summed E-state index contributed by atoms with van der Waals surface area (Å²) in [6, 6.07) is 0.800. The average molecular weight is 224 g/mol. The van der Waals surface area contributed by atoms with Crippen LogP contribution in [-0.4, -0.2) is 18.2 Å². The zero-order chi connectivity index (χ0) is 11.6. The third-order valence-corrected chi connectivity index (χ3v) is 1.60. The van der Waals surface area contributed by atoms with Gasteiger partial charge in [0.05, 0.1) is 7.11 Å². The number of hydrogen-bond donors (Lipinski definition) is 1. The summed E-state index contributed by atoms with van der Waals surface area (Å²) < 4.78 is 45.4. The van der Waals surface area contributed by atoms with E-state index in [0.29, 0.717) is 0 Å². The molecular formula is C8H7F3O4. The van der Waals surface area contributed by atoms with Crippen molar-refractivity contribution in [3.05, 3.63) is 23.2 Å². The molecule has 0 fully saturated rings. The number of carbonyl (C=O) groups excluding carboxylic acids is 1. The zero-order valence-corrected chi connectivity index (χ0v) is 7.59. The van der Waals surface area contributed by atoms with E-state index in [4.69, 9.17) is 5.11 Å². The monoisotopic (exact) mass is 224 g/mol. The lowest BCUT2D eigenvalue weighted by molar-refractivity contribution is -0.154. The first kappa shape index (κ1) is 11.6. The zero-order valence-electron chi connectivity index (χ0n) is 7.59. The quantitative estimate of drug-likeness (QED) is 0.774. The van der Waals surface area contributed by atoms with Crippen LogP contribution in [0.1, 0.15) is 21.9 Å². The smallest absolute Gasteiger partial charge is 0.450 e. The Balaban J connectivity index is 3.24. The maximum atomic E-state index is 12.3. The number of furan rings is 1. The van der Waals surface area contributed by atoms with Gasteiger partial charge in [0.25, 0.3) is 0 Å². The molecule has 1 aromatic heterocycles. The van der Waals surface area contributed by atoms with Crippen molar-refractivity contribution in [2.75, 3.05) is 7.11 Å². The molecule has 7 heteroatoms. The third-order valence-electron chi connectivity index (χ3n) is 1.60. The van der Waals surface area contributed by atoms with Gasteiger partial charge in [-0.3, -0.25) is 0 Å². The van der Waals surface area contributed by atoms with Crippen LogP contribution in [-0.2, 0) is 17.5 Å².